The summed E-state index contributed by atoms with van der Waals surface area (Å²) in [5.74, 6) is -0.951. The van der Waals surface area contributed by atoms with Gasteiger partial charge in [-0.3, -0.25) is 10.1 Å². The molecule has 0 atom stereocenters. The Balaban J connectivity index is 2.25. The van der Waals surface area contributed by atoms with E-state index >= 15 is 0 Å². The van der Waals surface area contributed by atoms with Crippen LogP contribution in [0.1, 0.15) is 30.8 Å². The minimum absolute atomic E-state index is 0.103. The van der Waals surface area contributed by atoms with Crippen molar-refractivity contribution in [2.75, 3.05) is 13.2 Å². The first-order valence-electron chi connectivity index (χ1n) is 6.65. The van der Waals surface area contributed by atoms with E-state index in [1.54, 1.807) is 12.1 Å². The van der Waals surface area contributed by atoms with Crippen LogP contribution in [0.3, 0.4) is 0 Å². The van der Waals surface area contributed by atoms with Crippen LogP contribution in [0.25, 0.3) is 0 Å². The van der Waals surface area contributed by atoms with Crippen LogP contribution in [0, 0.1) is 5.92 Å². The van der Waals surface area contributed by atoms with Gasteiger partial charge in [-0.15, -0.1) is 0 Å². The summed E-state index contributed by atoms with van der Waals surface area (Å²) in [5.41, 5.74) is 0.103. The smallest absolute Gasteiger partial charge is 0.357 e. The van der Waals surface area contributed by atoms with Gasteiger partial charge >= 0.3 is 12.0 Å². The van der Waals surface area contributed by atoms with E-state index < -0.39 is 24.5 Å². The van der Waals surface area contributed by atoms with E-state index in [-0.39, 0.29) is 5.69 Å². The average Bonchev–Trinajstić information content (AvgIpc) is 2.45. The Morgan fingerprint density at radius 3 is 2.67 bits per heavy atom. The van der Waals surface area contributed by atoms with Gasteiger partial charge in [0.25, 0.3) is 5.91 Å². The number of hydrogen-bond acceptors (Lipinski definition) is 5. The highest BCUT2D eigenvalue weighted by Gasteiger charge is 2.12. The number of aromatic nitrogens is 1. The molecule has 0 aliphatic heterocycles. The molecule has 7 nitrogen and oxygen atoms in total. The van der Waals surface area contributed by atoms with Crippen molar-refractivity contribution in [3.8, 4) is 0 Å². The summed E-state index contributed by atoms with van der Waals surface area (Å²) in [6, 6.07) is 4.16. The van der Waals surface area contributed by atoms with Crippen molar-refractivity contribution in [2.45, 2.75) is 20.3 Å². The lowest BCUT2D eigenvalue weighted by atomic mass is 10.1. The van der Waals surface area contributed by atoms with Crippen LogP contribution in [0.4, 0.5) is 4.79 Å². The van der Waals surface area contributed by atoms with E-state index in [1.165, 1.54) is 12.3 Å². The van der Waals surface area contributed by atoms with Gasteiger partial charge in [0.15, 0.2) is 6.61 Å². The number of carbonyl (C=O) groups excluding carboxylic acids is 3. The highest BCUT2D eigenvalue weighted by Crippen LogP contribution is 1.97. The van der Waals surface area contributed by atoms with Crippen molar-refractivity contribution in [3.63, 3.8) is 0 Å². The number of amides is 3. The molecule has 0 radical (unpaired) electrons. The molecule has 1 aromatic heterocycles. The molecule has 3 amide bonds. The third-order valence-corrected chi connectivity index (χ3v) is 2.47. The van der Waals surface area contributed by atoms with Crippen molar-refractivity contribution in [3.05, 3.63) is 30.1 Å². The second kappa shape index (κ2) is 8.68. The number of esters is 1. The fraction of sp³-hybridized carbons (Fsp3) is 0.429. The number of hydrogen-bond donors (Lipinski definition) is 2. The Morgan fingerprint density at radius 1 is 1.29 bits per heavy atom. The SMILES string of the molecule is CC(C)CCNC(=O)NC(=O)COC(=O)c1ccccn1. The second-order valence-corrected chi connectivity index (χ2v) is 4.78. The zero-order valence-corrected chi connectivity index (χ0v) is 12.1. The number of urea groups is 1. The van der Waals surface area contributed by atoms with E-state index in [9.17, 15) is 14.4 Å². The predicted octanol–water partition coefficient (Wildman–Crippen LogP) is 1.11. The monoisotopic (exact) mass is 293 g/mol. The zero-order valence-electron chi connectivity index (χ0n) is 12.1. The molecular weight excluding hydrogens is 274 g/mol. The third kappa shape index (κ3) is 7.05. The molecule has 1 heterocycles. The Kier molecular flexibility index (Phi) is 6.86. The molecule has 0 spiro atoms. The van der Waals surface area contributed by atoms with Gasteiger partial charge in [0, 0.05) is 12.7 Å². The van der Waals surface area contributed by atoms with E-state index in [1.807, 2.05) is 13.8 Å². The molecule has 2 N–H and O–H groups in total. The summed E-state index contributed by atoms with van der Waals surface area (Å²) in [4.78, 5) is 38.1. The Bertz CT molecular complexity index is 488. The fourth-order valence-electron chi connectivity index (χ4n) is 1.37. The van der Waals surface area contributed by atoms with E-state index in [2.05, 4.69) is 15.6 Å². The van der Waals surface area contributed by atoms with Gasteiger partial charge in [0.2, 0.25) is 0 Å². The first kappa shape index (κ1) is 16.6. The molecule has 0 aliphatic carbocycles. The summed E-state index contributed by atoms with van der Waals surface area (Å²) >= 11 is 0. The number of rotatable bonds is 6. The van der Waals surface area contributed by atoms with Crippen molar-refractivity contribution in [1.82, 2.24) is 15.6 Å². The molecule has 0 saturated heterocycles. The van der Waals surface area contributed by atoms with Gasteiger partial charge in [-0.1, -0.05) is 19.9 Å². The highest BCUT2D eigenvalue weighted by molar-refractivity contribution is 5.96. The van der Waals surface area contributed by atoms with Gasteiger partial charge < -0.3 is 10.1 Å². The zero-order chi connectivity index (χ0) is 15.7. The molecule has 0 bridgehead atoms. The molecule has 1 aromatic rings. The molecule has 0 saturated carbocycles. The molecule has 0 aromatic carbocycles. The van der Waals surface area contributed by atoms with Crippen molar-refractivity contribution >= 4 is 17.9 Å². The normalized spacial score (nSPS) is 10.0. The minimum atomic E-state index is -0.717. The number of carbonyl (C=O) groups is 3. The van der Waals surface area contributed by atoms with Crippen LogP contribution in [-0.2, 0) is 9.53 Å². The maximum Gasteiger partial charge on any atom is 0.357 e. The van der Waals surface area contributed by atoms with Crippen molar-refractivity contribution in [1.29, 1.82) is 0 Å². The standard InChI is InChI=1S/C14H19N3O4/c1-10(2)6-8-16-14(20)17-12(18)9-21-13(19)11-5-3-4-7-15-11/h3-5,7,10H,6,8-9H2,1-2H3,(H2,16,17,18,20). The lowest BCUT2D eigenvalue weighted by Gasteiger charge is -2.08. The molecular formula is C14H19N3O4. The number of imide groups is 1. The maximum absolute atomic E-state index is 11.5. The van der Waals surface area contributed by atoms with E-state index in [4.69, 9.17) is 4.74 Å². The predicted molar refractivity (Wildman–Crippen MR) is 75.5 cm³/mol. The summed E-state index contributed by atoms with van der Waals surface area (Å²) in [5, 5.41) is 4.61. The van der Waals surface area contributed by atoms with E-state index in [0.29, 0.717) is 12.5 Å². The van der Waals surface area contributed by atoms with Crippen LogP contribution in [-0.4, -0.2) is 36.0 Å². The fourth-order valence-corrected chi connectivity index (χ4v) is 1.37. The Hall–Kier alpha value is -2.44. The topological polar surface area (TPSA) is 97.4 Å². The molecule has 0 unspecified atom stereocenters. The first-order chi connectivity index (χ1) is 9.99. The summed E-state index contributed by atoms with van der Waals surface area (Å²) in [6.07, 6.45) is 2.26. The minimum Gasteiger partial charge on any atom is -0.451 e. The summed E-state index contributed by atoms with van der Waals surface area (Å²) < 4.78 is 4.74. The third-order valence-electron chi connectivity index (χ3n) is 2.47. The van der Waals surface area contributed by atoms with Gasteiger partial charge in [-0.25, -0.2) is 14.6 Å². The largest absolute Gasteiger partial charge is 0.451 e. The van der Waals surface area contributed by atoms with Crippen LogP contribution < -0.4 is 10.6 Å². The number of pyridine rings is 1. The molecule has 1 rings (SSSR count). The lowest BCUT2D eigenvalue weighted by molar-refractivity contribution is -0.123. The lowest BCUT2D eigenvalue weighted by Crippen LogP contribution is -2.42. The van der Waals surface area contributed by atoms with Gasteiger partial charge in [0.05, 0.1) is 0 Å². The van der Waals surface area contributed by atoms with Crippen LogP contribution >= 0.6 is 0 Å². The van der Waals surface area contributed by atoms with E-state index in [0.717, 1.165) is 6.42 Å². The quantitative estimate of drug-likeness (QED) is 0.766. The summed E-state index contributed by atoms with van der Waals surface area (Å²) in [6.45, 7) is 4.00. The molecule has 21 heavy (non-hydrogen) atoms. The van der Waals surface area contributed by atoms with Crippen LogP contribution in [0.5, 0.6) is 0 Å². The average molecular weight is 293 g/mol. The van der Waals surface area contributed by atoms with Crippen molar-refractivity contribution in [2.24, 2.45) is 5.92 Å². The van der Waals surface area contributed by atoms with Gasteiger partial charge in [-0.05, 0) is 24.5 Å². The Labute approximate surface area is 123 Å². The van der Waals surface area contributed by atoms with Crippen LogP contribution in [0.15, 0.2) is 24.4 Å². The van der Waals surface area contributed by atoms with Gasteiger partial charge in [0.1, 0.15) is 5.69 Å². The first-order valence-corrected chi connectivity index (χ1v) is 6.65. The molecule has 7 heteroatoms. The maximum atomic E-state index is 11.5. The number of nitrogens with zero attached hydrogens (tertiary/aromatic N) is 1. The second-order valence-electron chi connectivity index (χ2n) is 4.78. The Morgan fingerprint density at radius 2 is 2.05 bits per heavy atom. The number of nitrogens with one attached hydrogen (secondary N) is 2. The van der Waals surface area contributed by atoms with Gasteiger partial charge in [-0.2, -0.15) is 0 Å². The molecule has 0 fully saturated rings. The van der Waals surface area contributed by atoms with Crippen molar-refractivity contribution < 1.29 is 19.1 Å². The molecule has 0 aliphatic rings. The summed E-state index contributed by atoms with van der Waals surface area (Å²) in [7, 11) is 0. The molecule has 114 valence electrons. The van der Waals surface area contributed by atoms with Crippen LogP contribution in [0.2, 0.25) is 0 Å². The highest BCUT2D eigenvalue weighted by atomic mass is 16.5. The number of ether oxygens (including phenoxy) is 1.